The van der Waals surface area contributed by atoms with E-state index < -0.39 is 0 Å². The molecular weight excluding hydrogens is 304 g/mol. The van der Waals surface area contributed by atoms with E-state index in [-0.39, 0.29) is 12.5 Å². The number of carbonyl (C=O) groups is 1. The second-order valence-electron chi connectivity index (χ2n) is 5.86. The first kappa shape index (κ1) is 16.3. The van der Waals surface area contributed by atoms with Crippen LogP contribution in [0.25, 0.3) is 0 Å². The van der Waals surface area contributed by atoms with Gasteiger partial charge >= 0.3 is 0 Å². The van der Waals surface area contributed by atoms with Gasteiger partial charge in [0, 0.05) is 25.6 Å². The quantitative estimate of drug-likeness (QED) is 0.848. The van der Waals surface area contributed by atoms with Crippen LogP contribution in [-0.2, 0) is 17.8 Å². The van der Waals surface area contributed by atoms with Gasteiger partial charge in [0.15, 0.2) is 6.61 Å². The van der Waals surface area contributed by atoms with Gasteiger partial charge in [-0.3, -0.25) is 4.79 Å². The first-order chi connectivity index (χ1) is 11.7. The number of ether oxygens (including phenoxy) is 2. The van der Waals surface area contributed by atoms with Gasteiger partial charge in [0.05, 0.1) is 12.3 Å². The molecule has 5 nitrogen and oxygen atoms in total. The van der Waals surface area contributed by atoms with E-state index in [4.69, 9.17) is 9.47 Å². The van der Waals surface area contributed by atoms with E-state index in [0.717, 1.165) is 29.0 Å². The van der Waals surface area contributed by atoms with Crippen molar-refractivity contribution < 1.29 is 14.3 Å². The number of rotatable bonds is 5. The summed E-state index contributed by atoms with van der Waals surface area (Å²) in [5.41, 5.74) is 3.21. The zero-order chi connectivity index (χ0) is 16.9. The van der Waals surface area contributed by atoms with Crippen molar-refractivity contribution in [3.05, 3.63) is 53.2 Å². The molecule has 126 valence electrons. The lowest BCUT2D eigenvalue weighted by atomic mass is 10.1. The van der Waals surface area contributed by atoms with E-state index in [1.165, 1.54) is 0 Å². The second-order valence-corrected chi connectivity index (χ2v) is 5.86. The molecule has 0 unspecified atom stereocenters. The predicted octanol–water partition coefficient (Wildman–Crippen LogP) is 2.75. The molecule has 0 radical (unpaired) electrons. The van der Waals surface area contributed by atoms with Crippen LogP contribution in [0.1, 0.15) is 23.7 Å². The number of carbonyl (C=O) groups excluding carboxylic acids is 1. The molecule has 1 aromatic carbocycles. The van der Waals surface area contributed by atoms with Crippen LogP contribution >= 0.6 is 0 Å². The summed E-state index contributed by atoms with van der Waals surface area (Å²) in [6.45, 7) is 5.84. The third-order valence-electron chi connectivity index (χ3n) is 4.02. The largest absolute Gasteiger partial charge is 0.484 e. The summed E-state index contributed by atoms with van der Waals surface area (Å²) in [6, 6.07) is 11.6. The Hall–Kier alpha value is -2.56. The molecule has 1 aromatic heterocycles. The minimum atomic E-state index is -0.00367. The molecule has 0 spiro atoms. The standard InChI is InChI=1S/C19H22N2O3/c1-3-23-18-8-7-15-12-21(10-9-17(15)20-18)19(22)13-24-16-6-4-5-14(2)11-16/h4-8,11H,3,9-10,12-13H2,1-2H3. The molecule has 0 saturated heterocycles. The van der Waals surface area contributed by atoms with Crippen LogP contribution < -0.4 is 9.47 Å². The SMILES string of the molecule is CCOc1ccc2c(n1)CCN(C(=O)COc1cccc(C)c1)C2. The Labute approximate surface area is 142 Å². The van der Waals surface area contributed by atoms with Crippen molar-refractivity contribution in [3.63, 3.8) is 0 Å². The summed E-state index contributed by atoms with van der Waals surface area (Å²) in [5.74, 6) is 1.37. The summed E-state index contributed by atoms with van der Waals surface area (Å²) in [4.78, 5) is 18.7. The fourth-order valence-corrected chi connectivity index (χ4v) is 2.78. The Bertz CT molecular complexity index is 730. The molecule has 0 N–H and O–H groups in total. The van der Waals surface area contributed by atoms with Gasteiger partial charge in [0.25, 0.3) is 5.91 Å². The number of nitrogens with zero attached hydrogens (tertiary/aromatic N) is 2. The van der Waals surface area contributed by atoms with Crippen LogP contribution in [0.5, 0.6) is 11.6 Å². The van der Waals surface area contributed by atoms with Gasteiger partial charge in [-0.05, 0) is 37.1 Å². The van der Waals surface area contributed by atoms with Gasteiger partial charge in [-0.25, -0.2) is 4.98 Å². The Morgan fingerprint density at radius 1 is 1.25 bits per heavy atom. The number of fused-ring (bicyclic) bond motifs is 1. The number of aryl methyl sites for hydroxylation is 1. The molecule has 5 heteroatoms. The topological polar surface area (TPSA) is 51.7 Å². The Morgan fingerprint density at radius 3 is 2.92 bits per heavy atom. The molecule has 3 rings (SSSR count). The molecule has 0 bridgehead atoms. The van der Waals surface area contributed by atoms with Crippen molar-refractivity contribution in [2.45, 2.75) is 26.8 Å². The first-order valence-electron chi connectivity index (χ1n) is 8.24. The maximum Gasteiger partial charge on any atom is 0.260 e. The smallest absolute Gasteiger partial charge is 0.260 e. The molecule has 2 heterocycles. The second kappa shape index (κ2) is 7.34. The maximum atomic E-state index is 12.4. The highest BCUT2D eigenvalue weighted by atomic mass is 16.5. The molecule has 1 aliphatic heterocycles. The van der Waals surface area contributed by atoms with Gasteiger partial charge in [-0.2, -0.15) is 0 Å². The number of hydrogen-bond donors (Lipinski definition) is 0. The normalized spacial score (nSPS) is 13.3. The number of hydrogen-bond acceptors (Lipinski definition) is 4. The summed E-state index contributed by atoms with van der Waals surface area (Å²) >= 11 is 0. The third-order valence-corrected chi connectivity index (χ3v) is 4.02. The van der Waals surface area contributed by atoms with Gasteiger partial charge in [0.1, 0.15) is 5.75 Å². The van der Waals surface area contributed by atoms with Crippen LogP contribution in [0.3, 0.4) is 0 Å². The molecular formula is C19H22N2O3. The van der Waals surface area contributed by atoms with Gasteiger partial charge in [-0.15, -0.1) is 0 Å². The van der Waals surface area contributed by atoms with Crippen molar-refractivity contribution in [3.8, 4) is 11.6 Å². The summed E-state index contributed by atoms with van der Waals surface area (Å²) in [6.07, 6.45) is 0.742. The van der Waals surface area contributed by atoms with Crippen molar-refractivity contribution in [2.75, 3.05) is 19.8 Å². The van der Waals surface area contributed by atoms with Crippen molar-refractivity contribution >= 4 is 5.91 Å². The highest BCUT2D eigenvalue weighted by Gasteiger charge is 2.22. The van der Waals surface area contributed by atoms with Crippen LogP contribution in [0, 0.1) is 6.92 Å². The maximum absolute atomic E-state index is 12.4. The Kier molecular flexibility index (Phi) is 4.99. The fraction of sp³-hybridized carbons (Fsp3) is 0.368. The van der Waals surface area contributed by atoms with E-state index >= 15 is 0 Å². The van der Waals surface area contributed by atoms with Crippen LogP contribution in [0.15, 0.2) is 36.4 Å². The lowest BCUT2D eigenvalue weighted by Gasteiger charge is -2.28. The van der Waals surface area contributed by atoms with Crippen molar-refractivity contribution in [2.24, 2.45) is 0 Å². The molecule has 0 atom stereocenters. The van der Waals surface area contributed by atoms with E-state index in [1.54, 1.807) is 0 Å². The summed E-state index contributed by atoms with van der Waals surface area (Å²) < 4.78 is 11.0. The third kappa shape index (κ3) is 3.85. The molecule has 1 aliphatic rings. The minimum absolute atomic E-state index is 0.00367. The van der Waals surface area contributed by atoms with Gasteiger partial charge in [0.2, 0.25) is 5.88 Å². The van der Waals surface area contributed by atoms with Crippen LogP contribution in [0.4, 0.5) is 0 Å². The lowest BCUT2D eigenvalue weighted by Crippen LogP contribution is -2.39. The first-order valence-corrected chi connectivity index (χ1v) is 8.24. The van der Waals surface area contributed by atoms with Crippen molar-refractivity contribution in [1.29, 1.82) is 0 Å². The van der Waals surface area contributed by atoms with Crippen LogP contribution in [0.2, 0.25) is 0 Å². The average Bonchev–Trinajstić information content (AvgIpc) is 2.59. The number of aromatic nitrogens is 1. The van der Waals surface area contributed by atoms with Crippen molar-refractivity contribution in [1.82, 2.24) is 9.88 Å². The predicted molar refractivity (Wildman–Crippen MR) is 91.2 cm³/mol. The molecule has 0 fully saturated rings. The zero-order valence-corrected chi connectivity index (χ0v) is 14.1. The van der Waals surface area contributed by atoms with Crippen LogP contribution in [-0.4, -0.2) is 35.5 Å². The molecule has 0 saturated carbocycles. The van der Waals surface area contributed by atoms with E-state index in [0.29, 0.717) is 25.6 Å². The molecule has 2 aromatic rings. The lowest BCUT2D eigenvalue weighted by molar-refractivity contribution is -0.134. The fourth-order valence-electron chi connectivity index (χ4n) is 2.78. The molecule has 0 aliphatic carbocycles. The highest BCUT2D eigenvalue weighted by Crippen LogP contribution is 2.21. The van der Waals surface area contributed by atoms with E-state index in [1.807, 2.05) is 55.1 Å². The minimum Gasteiger partial charge on any atom is -0.484 e. The number of benzene rings is 1. The number of pyridine rings is 1. The summed E-state index contributed by atoms with van der Waals surface area (Å²) in [7, 11) is 0. The molecule has 1 amide bonds. The van der Waals surface area contributed by atoms with E-state index in [9.17, 15) is 4.79 Å². The summed E-state index contributed by atoms with van der Waals surface area (Å²) in [5, 5.41) is 0. The zero-order valence-electron chi connectivity index (χ0n) is 14.1. The molecule has 24 heavy (non-hydrogen) atoms. The monoisotopic (exact) mass is 326 g/mol. The van der Waals surface area contributed by atoms with Gasteiger partial charge in [-0.1, -0.05) is 18.2 Å². The average molecular weight is 326 g/mol. The van der Waals surface area contributed by atoms with E-state index in [2.05, 4.69) is 4.98 Å². The Balaban J connectivity index is 1.59. The Morgan fingerprint density at radius 2 is 2.12 bits per heavy atom. The van der Waals surface area contributed by atoms with Gasteiger partial charge < -0.3 is 14.4 Å². The number of amides is 1. The highest BCUT2D eigenvalue weighted by molar-refractivity contribution is 5.78.